The van der Waals surface area contributed by atoms with Gasteiger partial charge in [-0.25, -0.2) is 0 Å². The molecular weight excluding hydrogens is 430 g/mol. The average molecular weight is 452 g/mol. The van der Waals surface area contributed by atoms with E-state index in [-0.39, 0.29) is 16.9 Å². The number of amides is 2. The van der Waals surface area contributed by atoms with Gasteiger partial charge in [0, 0.05) is 11.3 Å². The van der Waals surface area contributed by atoms with E-state index >= 15 is 0 Å². The van der Waals surface area contributed by atoms with Crippen LogP contribution in [-0.2, 0) is 0 Å². The van der Waals surface area contributed by atoms with E-state index in [0.29, 0.717) is 22.5 Å². The molecule has 5 nitrogen and oxygen atoms in total. The first-order valence-corrected chi connectivity index (χ1v) is 10.7. The van der Waals surface area contributed by atoms with E-state index in [2.05, 4.69) is 16.0 Å². The molecule has 0 bridgehead atoms. The lowest BCUT2D eigenvalue weighted by Gasteiger charge is -2.14. The lowest BCUT2D eigenvalue weighted by Crippen LogP contribution is -2.34. The number of para-hydroxylation sites is 2. The summed E-state index contributed by atoms with van der Waals surface area (Å²) in [4.78, 5) is 25.4. The Kier molecular flexibility index (Phi) is 6.87. The van der Waals surface area contributed by atoms with Gasteiger partial charge in [0.05, 0.1) is 11.3 Å². The fraction of sp³-hybridized carbons (Fsp3) is 0. The van der Waals surface area contributed by atoms with Crippen LogP contribution in [0.1, 0.15) is 20.7 Å². The molecule has 162 valence electrons. The standard InChI is InChI=1S/C27H21N3O2S/c31-25(21-17-15-20(16-18-21)19-9-3-1-4-10-19)30-27(33)29-24-14-8-7-13-23(24)26(32)28-22-11-5-2-6-12-22/h1-18H,(H,28,32)(H2,29,30,31,33). The zero-order valence-corrected chi connectivity index (χ0v) is 18.4. The van der Waals surface area contributed by atoms with Gasteiger partial charge in [-0.05, 0) is 59.7 Å². The van der Waals surface area contributed by atoms with Gasteiger partial charge in [0.25, 0.3) is 11.8 Å². The van der Waals surface area contributed by atoms with Gasteiger partial charge in [-0.2, -0.15) is 0 Å². The molecule has 0 atom stereocenters. The quantitative estimate of drug-likeness (QED) is 0.339. The number of thiocarbonyl (C=S) groups is 1. The van der Waals surface area contributed by atoms with Crippen molar-refractivity contribution in [3.8, 4) is 11.1 Å². The predicted molar refractivity (Wildman–Crippen MR) is 136 cm³/mol. The van der Waals surface area contributed by atoms with Crippen LogP contribution in [0.5, 0.6) is 0 Å². The number of carbonyl (C=O) groups is 2. The van der Waals surface area contributed by atoms with Crippen LogP contribution in [0, 0.1) is 0 Å². The highest BCUT2D eigenvalue weighted by Crippen LogP contribution is 2.20. The normalized spacial score (nSPS) is 10.2. The van der Waals surface area contributed by atoms with E-state index in [1.54, 1.807) is 36.4 Å². The number of benzene rings is 4. The van der Waals surface area contributed by atoms with E-state index in [4.69, 9.17) is 12.2 Å². The third-order valence-corrected chi connectivity index (χ3v) is 5.14. The van der Waals surface area contributed by atoms with Crippen molar-refractivity contribution in [2.24, 2.45) is 0 Å². The van der Waals surface area contributed by atoms with E-state index in [1.807, 2.05) is 72.8 Å². The summed E-state index contributed by atoms with van der Waals surface area (Å²) in [5.41, 5.74) is 4.17. The summed E-state index contributed by atoms with van der Waals surface area (Å²) in [6.45, 7) is 0. The molecule has 4 rings (SSSR count). The van der Waals surface area contributed by atoms with Crippen LogP contribution in [0.2, 0.25) is 0 Å². The Morgan fingerprint density at radius 2 is 1.15 bits per heavy atom. The molecule has 0 aliphatic rings. The highest BCUT2D eigenvalue weighted by molar-refractivity contribution is 7.80. The Labute approximate surface area is 197 Å². The first kappa shape index (κ1) is 21.9. The summed E-state index contributed by atoms with van der Waals surface area (Å²) in [6.07, 6.45) is 0. The number of rotatable bonds is 5. The SMILES string of the molecule is O=C(NC(=S)Nc1ccccc1C(=O)Nc1ccccc1)c1ccc(-c2ccccc2)cc1. The summed E-state index contributed by atoms with van der Waals surface area (Å²) < 4.78 is 0. The zero-order chi connectivity index (χ0) is 23.0. The molecule has 2 amide bonds. The smallest absolute Gasteiger partial charge is 0.257 e. The molecule has 0 aromatic heterocycles. The highest BCUT2D eigenvalue weighted by Gasteiger charge is 2.14. The molecule has 0 unspecified atom stereocenters. The predicted octanol–water partition coefficient (Wildman–Crippen LogP) is 5.73. The minimum Gasteiger partial charge on any atom is -0.332 e. The Bertz CT molecular complexity index is 1270. The van der Waals surface area contributed by atoms with Gasteiger partial charge < -0.3 is 10.6 Å². The number of anilines is 2. The van der Waals surface area contributed by atoms with Crippen LogP contribution in [0.15, 0.2) is 109 Å². The molecule has 4 aromatic carbocycles. The molecule has 0 saturated carbocycles. The number of nitrogens with one attached hydrogen (secondary N) is 3. The third-order valence-electron chi connectivity index (χ3n) is 4.93. The summed E-state index contributed by atoms with van der Waals surface area (Å²) >= 11 is 5.32. The summed E-state index contributed by atoms with van der Waals surface area (Å²) in [5.74, 6) is -0.617. The Hall–Kier alpha value is -4.29. The Morgan fingerprint density at radius 1 is 0.576 bits per heavy atom. The number of hydrogen-bond donors (Lipinski definition) is 3. The Balaban J connectivity index is 1.41. The molecule has 0 fully saturated rings. The average Bonchev–Trinajstić information content (AvgIpc) is 2.85. The summed E-state index contributed by atoms with van der Waals surface area (Å²) in [6, 6.07) is 33.4. The van der Waals surface area contributed by atoms with E-state index in [0.717, 1.165) is 11.1 Å². The lowest BCUT2D eigenvalue weighted by molar-refractivity contribution is 0.0976. The van der Waals surface area contributed by atoms with Crippen LogP contribution < -0.4 is 16.0 Å². The topological polar surface area (TPSA) is 70.2 Å². The molecule has 0 aliphatic carbocycles. The number of hydrogen-bond acceptors (Lipinski definition) is 3. The second kappa shape index (κ2) is 10.3. The zero-order valence-electron chi connectivity index (χ0n) is 17.6. The van der Waals surface area contributed by atoms with E-state index in [9.17, 15) is 9.59 Å². The van der Waals surface area contributed by atoms with Crippen molar-refractivity contribution in [1.82, 2.24) is 5.32 Å². The lowest BCUT2D eigenvalue weighted by atomic mass is 10.0. The maximum atomic E-state index is 12.7. The third kappa shape index (κ3) is 5.70. The fourth-order valence-electron chi connectivity index (χ4n) is 3.28. The Morgan fingerprint density at radius 3 is 1.85 bits per heavy atom. The van der Waals surface area contributed by atoms with Gasteiger partial charge in [-0.1, -0.05) is 72.8 Å². The minimum atomic E-state index is -0.335. The van der Waals surface area contributed by atoms with Crippen molar-refractivity contribution in [3.63, 3.8) is 0 Å². The molecule has 3 N–H and O–H groups in total. The van der Waals surface area contributed by atoms with Gasteiger partial charge in [-0.3, -0.25) is 14.9 Å². The van der Waals surface area contributed by atoms with Crippen LogP contribution in [0.4, 0.5) is 11.4 Å². The molecule has 0 saturated heterocycles. The first-order valence-electron chi connectivity index (χ1n) is 10.3. The van der Waals surface area contributed by atoms with Crippen LogP contribution in [0.25, 0.3) is 11.1 Å². The van der Waals surface area contributed by atoms with Gasteiger partial charge in [0.2, 0.25) is 0 Å². The van der Waals surface area contributed by atoms with E-state index < -0.39 is 0 Å². The van der Waals surface area contributed by atoms with Crippen molar-refractivity contribution in [3.05, 3.63) is 120 Å². The molecule has 0 spiro atoms. The molecular formula is C27H21N3O2S. The summed E-state index contributed by atoms with van der Waals surface area (Å²) in [7, 11) is 0. The molecule has 0 radical (unpaired) electrons. The van der Waals surface area contributed by atoms with Gasteiger partial charge in [-0.15, -0.1) is 0 Å². The maximum absolute atomic E-state index is 12.7. The van der Waals surface area contributed by atoms with Gasteiger partial charge in [0.1, 0.15) is 0 Å². The molecule has 0 aliphatic heterocycles. The van der Waals surface area contributed by atoms with Crippen LogP contribution in [-0.4, -0.2) is 16.9 Å². The molecule has 4 aromatic rings. The van der Waals surface area contributed by atoms with Crippen molar-refractivity contribution >= 4 is 40.5 Å². The van der Waals surface area contributed by atoms with Crippen molar-refractivity contribution < 1.29 is 9.59 Å². The fourth-order valence-corrected chi connectivity index (χ4v) is 3.49. The molecule has 33 heavy (non-hydrogen) atoms. The summed E-state index contributed by atoms with van der Waals surface area (Å²) in [5, 5.41) is 8.57. The maximum Gasteiger partial charge on any atom is 0.257 e. The van der Waals surface area contributed by atoms with Crippen LogP contribution in [0.3, 0.4) is 0 Å². The second-order valence-corrected chi connectivity index (χ2v) is 7.63. The first-order chi connectivity index (χ1) is 16.1. The second-order valence-electron chi connectivity index (χ2n) is 7.22. The number of carbonyl (C=O) groups excluding carboxylic acids is 2. The minimum absolute atomic E-state index is 0.104. The highest BCUT2D eigenvalue weighted by atomic mass is 32.1. The largest absolute Gasteiger partial charge is 0.332 e. The van der Waals surface area contributed by atoms with Crippen molar-refractivity contribution in [1.29, 1.82) is 0 Å². The van der Waals surface area contributed by atoms with E-state index in [1.165, 1.54) is 0 Å². The monoisotopic (exact) mass is 451 g/mol. The molecule has 6 heteroatoms. The van der Waals surface area contributed by atoms with Gasteiger partial charge in [0.15, 0.2) is 5.11 Å². The molecule has 0 heterocycles. The van der Waals surface area contributed by atoms with Gasteiger partial charge >= 0.3 is 0 Å². The van der Waals surface area contributed by atoms with Crippen molar-refractivity contribution in [2.75, 3.05) is 10.6 Å². The van der Waals surface area contributed by atoms with Crippen molar-refractivity contribution in [2.45, 2.75) is 0 Å². The van der Waals surface area contributed by atoms with Crippen LogP contribution >= 0.6 is 12.2 Å².